The number of halogens is 1. The third-order valence-electron chi connectivity index (χ3n) is 4.09. The molecule has 1 aromatic carbocycles. The van der Waals surface area contributed by atoms with Gasteiger partial charge in [-0.2, -0.15) is 11.3 Å². The Morgan fingerprint density at radius 3 is 2.74 bits per heavy atom. The van der Waals surface area contributed by atoms with Crippen LogP contribution in [0.1, 0.15) is 24.2 Å². The number of hydrogen-bond donors (Lipinski definition) is 1. The molecule has 2 atom stereocenters. The van der Waals surface area contributed by atoms with Crippen LogP contribution in [0.5, 0.6) is 0 Å². The first-order valence-corrected chi connectivity index (χ1v) is 8.31. The standard InChI is InChI=1S/C17H20N2O2S.ClH/c1-17(18,14-5-3-2-4-6-14)16(20)19-8-9-21-15(11-19)13-7-10-22-12-13;/h2-7,10,12,15H,8-9,11,18H2,1H3;1H. The molecule has 0 aliphatic carbocycles. The summed E-state index contributed by atoms with van der Waals surface area (Å²) in [6.07, 6.45) is -0.0597. The van der Waals surface area contributed by atoms with Gasteiger partial charge in [0.25, 0.3) is 0 Å². The molecule has 1 saturated heterocycles. The third kappa shape index (κ3) is 3.75. The number of hydrogen-bond acceptors (Lipinski definition) is 4. The molecule has 0 saturated carbocycles. The van der Waals surface area contributed by atoms with E-state index in [2.05, 4.69) is 5.38 Å². The molecule has 0 radical (unpaired) electrons. The monoisotopic (exact) mass is 352 g/mol. The first kappa shape index (κ1) is 17.9. The SMILES string of the molecule is CC(N)(C(=O)N1CCOC(c2ccsc2)C1)c1ccccc1.Cl. The number of nitrogens with zero attached hydrogens (tertiary/aromatic N) is 1. The van der Waals surface area contributed by atoms with Gasteiger partial charge in [-0.15, -0.1) is 12.4 Å². The highest BCUT2D eigenvalue weighted by Gasteiger charge is 2.37. The number of ether oxygens (including phenoxy) is 1. The van der Waals surface area contributed by atoms with E-state index in [-0.39, 0.29) is 24.4 Å². The Labute approximate surface area is 146 Å². The van der Waals surface area contributed by atoms with Gasteiger partial charge in [0, 0.05) is 6.54 Å². The molecule has 2 aromatic rings. The molecule has 4 nitrogen and oxygen atoms in total. The largest absolute Gasteiger partial charge is 0.370 e. The van der Waals surface area contributed by atoms with Gasteiger partial charge in [-0.05, 0) is 34.9 Å². The van der Waals surface area contributed by atoms with Crippen molar-refractivity contribution in [2.24, 2.45) is 5.73 Å². The van der Waals surface area contributed by atoms with Crippen molar-refractivity contribution in [3.05, 3.63) is 58.3 Å². The van der Waals surface area contributed by atoms with Crippen molar-refractivity contribution in [2.75, 3.05) is 19.7 Å². The van der Waals surface area contributed by atoms with Gasteiger partial charge in [0.15, 0.2) is 0 Å². The van der Waals surface area contributed by atoms with E-state index in [1.165, 1.54) is 0 Å². The van der Waals surface area contributed by atoms with E-state index in [0.717, 1.165) is 11.1 Å². The van der Waals surface area contributed by atoms with E-state index < -0.39 is 5.54 Å². The van der Waals surface area contributed by atoms with Gasteiger partial charge in [-0.1, -0.05) is 30.3 Å². The number of morpholine rings is 1. The fraction of sp³-hybridized carbons (Fsp3) is 0.353. The second-order valence-electron chi connectivity index (χ2n) is 5.74. The van der Waals surface area contributed by atoms with Crippen LogP contribution in [0.3, 0.4) is 0 Å². The molecule has 1 fully saturated rings. The van der Waals surface area contributed by atoms with E-state index in [9.17, 15) is 4.79 Å². The molecule has 1 aliphatic rings. The highest BCUT2D eigenvalue weighted by atomic mass is 35.5. The second kappa shape index (κ2) is 7.45. The van der Waals surface area contributed by atoms with Crippen LogP contribution in [0, 0.1) is 0 Å². The molecule has 2 heterocycles. The van der Waals surface area contributed by atoms with Crippen molar-refractivity contribution in [2.45, 2.75) is 18.6 Å². The van der Waals surface area contributed by atoms with E-state index in [0.29, 0.717) is 19.7 Å². The zero-order valence-corrected chi connectivity index (χ0v) is 14.6. The Hall–Kier alpha value is -1.40. The number of benzene rings is 1. The van der Waals surface area contributed by atoms with Crippen molar-refractivity contribution in [1.82, 2.24) is 4.90 Å². The van der Waals surface area contributed by atoms with Gasteiger partial charge < -0.3 is 15.4 Å². The summed E-state index contributed by atoms with van der Waals surface area (Å²) in [5, 5.41) is 4.09. The molecule has 6 heteroatoms. The Kier molecular flexibility index (Phi) is 5.81. The summed E-state index contributed by atoms with van der Waals surface area (Å²) in [6.45, 7) is 3.45. The van der Waals surface area contributed by atoms with Crippen LogP contribution in [-0.4, -0.2) is 30.5 Å². The maximum absolute atomic E-state index is 12.9. The molecule has 1 amide bonds. The fourth-order valence-electron chi connectivity index (χ4n) is 2.73. The van der Waals surface area contributed by atoms with Crippen molar-refractivity contribution < 1.29 is 9.53 Å². The minimum Gasteiger partial charge on any atom is -0.370 e. The number of carbonyl (C=O) groups is 1. The number of rotatable bonds is 3. The van der Waals surface area contributed by atoms with Gasteiger partial charge >= 0.3 is 0 Å². The molecule has 3 rings (SSSR count). The molecule has 1 aromatic heterocycles. The summed E-state index contributed by atoms with van der Waals surface area (Å²) in [6, 6.07) is 11.6. The Bertz CT molecular complexity index is 631. The topological polar surface area (TPSA) is 55.6 Å². The van der Waals surface area contributed by atoms with Crippen molar-refractivity contribution in [3.63, 3.8) is 0 Å². The molecule has 23 heavy (non-hydrogen) atoms. The molecule has 2 N–H and O–H groups in total. The minimum atomic E-state index is -1.02. The Morgan fingerprint density at radius 2 is 2.09 bits per heavy atom. The van der Waals surface area contributed by atoms with Crippen molar-refractivity contribution >= 4 is 29.7 Å². The molecule has 124 valence electrons. The summed E-state index contributed by atoms with van der Waals surface area (Å²) in [4.78, 5) is 14.7. The predicted molar refractivity (Wildman–Crippen MR) is 94.8 cm³/mol. The summed E-state index contributed by atoms with van der Waals surface area (Å²) >= 11 is 1.64. The second-order valence-corrected chi connectivity index (χ2v) is 6.52. The van der Waals surface area contributed by atoms with Crippen LogP contribution in [0.15, 0.2) is 47.2 Å². The number of carbonyl (C=O) groups excluding carboxylic acids is 1. The predicted octanol–water partition coefficient (Wildman–Crippen LogP) is 2.94. The lowest BCUT2D eigenvalue weighted by atomic mass is 9.91. The Morgan fingerprint density at radius 1 is 1.35 bits per heavy atom. The zero-order valence-electron chi connectivity index (χ0n) is 13.0. The third-order valence-corrected chi connectivity index (χ3v) is 4.79. The van der Waals surface area contributed by atoms with Gasteiger partial charge in [0.05, 0.1) is 13.2 Å². The lowest BCUT2D eigenvalue weighted by Gasteiger charge is -2.37. The maximum atomic E-state index is 12.9. The first-order valence-electron chi connectivity index (χ1n) is 7.36. The van der Waals surface area contributed by atoms with E-state index in [1.54, 1.807) is 18.3 Å². The smallest absolute Gasteiger partial charge is 0.247 e. The van der Waals surface area contributed by atoms with Gasteiger partial charge in [0.1, 0.15) is 11.6 Å². The number of nitrogens with two attached hydrogens (primary N) is 1. The van der Waals surface area contributed by atoms with Gasteiger partial charge in [-0.25, -0.2) is 0 Å². The van der Waals surface area contributed by atoms with Crippen LogP contribution in [0.4, 0.5) is 0 Å². The van der Waals surface area contributed by atoms with Crippen LogP contribution < -0.4 is 5.73 Å². The van der Waals surface area contributed by atoms with Crippen molar-refractivity contribution in [3.8, 4) is 0 Å². The summed E-state index contributed by atoms with van der Waals surface area (Å²) in [7, 11) is 0. The van der Waals surface area contributed by atoms with Crippen molar-refractivity contribution in [1.29, 1.82) is 0 Å². The van der Waals surface area contributed by atoms with E-state index >= 15 is 0 Å². The zero-order chi connectivity index (χ0) is 15.6. The normalized spacial score (nSPS) is 20.4. The summed E-state index contributed by atoms with van der Waals surface area (Å²) < 4.78 is 5.79. The van der Waals surface area contributed by atoms with Crippen LogP contribution in [0.25, 0.3) is 0 Å². The van der Waals surface area contributed by atoms with E-state index in [4.69, 9.17) is 10.5 Å². The Balaban J connectivity index is 0.00000192. The number of amides is 1. The van der Waals surface area contributed by atoms with Gasteiger partial charge in [0.2, 0.25) is 5.91 Å². The van der Waals surface area contributed by atoms with Crippen LogP contribution in [0.2, 0.25) is 0 Å². The molecule has 1 aliphatic heterocycles. The highest BCUT2D eigenvalue weighted by molar-refractivity contribution is 7.07. The molecule has 0 bridgehead atoms. The fourth-order valence-corrected chi connectivity index (χ4v) is 3.43. The van der Waals surface area contributed by atoms with Crippen LogP contribution >= 0.6 is 23.7 Å². The van der Waals surface area contributed by atoms with E-state index in [1.807, 2.05) is 46.7 Å². The summed E-state index contributed by atoms with van der Waals surface area (Å²) in [5.41, 5.74) is 7.29. The lowest BCUT2D eigenvalue weighted by Crippen LogP contribution is -2.54. The molecular weight excluding hydrogens is 332 g/mol. The highest BCUT2D eigenvalue weighted by Crippen LogP contribution is 2.27. The summed E-state index contributed by atoms with van der Waals surface area (Å²) in [5.74, 6) is -0.0535. The first-order chi connectivity index (χ1) is 10.6. The lowest BCUT2D eigenvalue weighted by molar-refractivity contribution is -0.144. The average molecular weight is 353 g/mol. The van der Waals surface area contributed by atoms with Crippen LogP contribution in [-0.2, 0) is 15.1 Å². The average Bonchev–Trinajstić information content (AvgIpc) is 3.09. The number of thiophene rings is 1. The molecule has 2 unspecified atom stereocenters. The maximum Gasteiger partial charge on any atom is 0.247 e. The van der Waals surface area contributed by atoms with Gasteiger partial charge in [-0.3, -0.25) is 4.79 Å². The quantitative estimate of drug-likeness (QED) is 0.924. The molecule has 0 spiro atoms. The minimum absolute atomic E-state index is 0. The molecular formula is C17H21ClN2O2S.